The summed E-state index contributed by atoms with van der Waals surface area (Å²) in [6, 6.07) is 7.21. The number of halogens is 4. The van der Waals surface area contributed by atoms with Crippen LogP contribution in [0, 0.1) is 0 Å². The summed E-state index contributed by atoms with van der Waals surface area (Å²) in [6.45, 7) is 3.02. The molecule has 1 aromatic carbocycles. The summed E-state index contributed by atoms with van der Waals surface area (Å²) in [6.07, 6.45) is -0.262. The summed E-state index contributed by atoms with van der Waals surface area (Å²) < 4.78 is 46.5. The van der Waals surface area contributed by atoms with Gasteiger partial charge in [-0.3, -0.25) is 9.67 Å². The van der Waals surface area contributed by atoms with Crippen molar-refractivity contribution in [3.63, 3.8) is 0 Å². The predicted octanol–water partition coefficient (Wildman–Crippen LogP) is 3.56. The fraction of sp³-hybridized carbons (Fsp3) is 0.474. The standard InChI is InChI=1S/C19H24F3N5O.HI/c1-23-18(24-7-3-9-27-10-4-8-25-27)26-11-12-28-17(14-26)15-5-2-6-16(13-15)19(20,21)22;/h2,4-6,8,10,13,17H,3,7,9,11-12,14H2,1H3,(H,23,24);1H. The number of morpholine rings is 1. The molecule has 1 aliphatic heterocycles. The first kappa shape index (κ1) is 23.5. The number of hydrogen-bond donors (Lipinski definition) is 1. The first-order valence-electron chi connectivity index (χ1n) is 9.19. The second-order valence-corrected chi connectivity index (χ2v) is 6.53. The number of hydrogen-bond acceptors (Lipinski definition) is 3. The molecule has 2 heterocycles. The summed E-state index contributed by atoms with van der Waals surface area (Å²) in [4.78, 5) is 6.32. The number of nitrogens with one attached hydrogen (secondary N) is 1. The Kier molecular flexibility index (Phi) is 8.75. The maximum absolute atomic E-state index is 13.0. The molecule has 1 aliphatic rings. The zero-order valence-electron chi connectivity index (χ0n) is 16.1. The zero-order valence-corrected chi connectivity index (χ0v) is 18.4. The minimum atomic E-state index is -4.36. The van der Waals surface area contributed by atoms with E-state index < -0.39 is 17.8 Å². The molecule has 0 saturated carbocycles. The number of nitrogens with zero attached hydrogens (tertiary/aromatic N) is 4. The van der Waals surface area contributed by atoms with Crippen molar-refractivity contribution < 1.29 is 17.9 Å². The van der Waals surface area contributed by atoms with E-state index in [1.807, 2.05) is 21.8 Å². The molecule has 10 heteroatoms. The van der Waals surface area contributed by atoms with Crippen molar-refractivity contribution >= 4 is 29.9 Å². The van der Waals surface area contributed by atoms with Gasteiger partial charge in [0.1, 0.15) is 6.10 Å². The van der Waals surface area contributed by atoms with Crippen molar-refractivity contribution in [3.8, 4) is 0 Å². The van der Waals surface area contributed by atoms with Crippen molar-refractivity contribution in [2.45, 2.75) is 25.2 Å². The van der Waals surface area contributed by atoms with Gasteiger partial charge < -0.3 is 15.0 Å². The van der Waals surface area contributed by atoms with E-state index in [2.05, 4.69) is 15.4 Å². The number of aromatic nitrogens is 2. The molecule has 2 aromatic rings. The number of ether oxygens (including phenoxy) is 1. The second-order valence-electron chi connectivity index (χ2n) is 6.53. The molecule has 1 saturated heterocycles. The summed E-state index contributed by atoms with van der Waals surface area (Å²) in [5.74, 6) is 0.723. The van der Waals surface area contributed by atoms with Crippen LogP contribution in [0.3, 0.4) is 0 Å². The van der Waals surface area contributed by atoms with Crippen LogP contribution in [-0.4, -0.2) is 53.9 Å². The van der Waals surface area contributed by atoms with E-state index in [1.54, 1.807) is 19.3 Å². The van der Waals surface area contributed by atoms with E-state index in [1.165, 1.54) is 6.07 Å². The van der Waals surface area contributed by atoms with Crippen molar-refractivity contribution in [3.05, 3.63) is 53.9 Å². The summed E-state index contributed by atoms with van der Waals surface area (Å²) in [5.41, 5.74) is -0.138. The fourth-order valence-electron chi connectivity index (χ4n) is 3.16. The van der Waals surface area contributed by atoms with Gasteiger partial charge in [0.2, 0.25) is 0 Å². The van der Waals surface area contributed by atoms with E-state index in [9.17, 15) is 13.2 Å². The third-order valence-electron chi connectivity index (χ3n) is 4.57. The highest BCUT2D eigenvalue weighted by Crippen LogP contribution is 2.32. The zero-order chi connectivity index (χ0) is 20.0. The molecule has 29 heavy (non-hydrogen) atoms. The Labute approximate surface area is 185 Å². The number of guanidine groups is 1. The van der Waals surface area contributed by atoms with Gasteiger partial charge in [0.15, 0.2) is 5.96 Å². The largest absolute Gasteiger partial charge is 0.416 e. The molecule has 160 valence electrons. The van der Waals surface area contributed by atoms with Crippen molar-refractivity contribution in [2.75, 3.05) is 33.3 Å². The molecular formula is C19H25F3IN5O. The molecule has 1 fully saturated rings. The van der Waals surface area contributed by atoms with Crippen molar-refractivity contribution in [1.82, 2.24) is 20.0 Å². The van der Waals surface area contributed by atoms with Crippen LogP contribution in [0.15, 0.2) is 47.7 Å². The quantitative estimate of drug-likeness (QED) is 0.282. The molecule has 1 N–H and O–H groups in total. The van der Waals surface area contributed by atoms with Gasteiger partial charge in [0, 0.05) is 39.1 Å². The third-order valence-corrected chi connectivity index (χ3v) is 4.57. The SMILES string of the molecule is CN=C(NCCCn1cccn1)N1CCOC(c2cccc(C(F)(F)F)c2)C1.I. The van der Waals surface area contributed by atoms with Gasteiger partial charge >= 0.3 is 6.18 Å². The van der Waals surface area contributed by atoms with Crippen molar-refractivity contribution in [2.24, 2.45) is 4.99 Å². The van der Waals surface area contributed by atoms with Gasteiger partial charge in [0.25, 0.3) is 0 Å². The Balaban J connectivity index is 0.00000300. The maximum Gasteiger partial charge on any atom is 0.416 e. The van der Waals surface area contributed by atoms with E-state index >= 15 is 0 Å². The van der Waals surface area contributed by atoms with Crippen LogP contribution in [0.2, 0.25) is 0 Å². The molecule has 0 aliphatic carbocycles. The summed E-state index contributed by atoms with van der Waals surface area (Å²) >= 11 is 0. The van der Waals surface area contributed by atoms with Gasteiger partial charge in [-0.15, -0.1) is 24.0 Å². The third kappa shape index (κ3) is 6.59. The molecule has 3 rings (SSSR count). The fourth-order valence-corrected chi connectivity index (χ4v) is 3.16. The Bertz CT molecular complexity index is 782. The Morgan fingerprint density at radius 1 is 1.34 bits per heavy atom. The van der Waals surface area contributed by atoms with Crippen LogP contribution < -0.4 is 5.32 Å². The topological polar surface area (TPSA) is 54.7 Å². The lowest BCUT2D eigenvalue weighted by atomic mass is 10.0. The molecule has 1 aromatic heterocycles. The lowest BCUT2D eigenvalue weighted by molar-refractivity contribution is -0.137. The van der Waals surface area contributed by atoms with Gasteiger partial charge in [0.05, 0.1) is 18.7 Å². The maximum atomic E-state index is 13.0. The number of aliphatic imine (C=N–C) groups is 1. The average molecular weight is 523 g/mol. The molecule has 0 amide bonds. The van der Waals surface area contributed by atoms with Crippen molar-refractivity contribution in [1.29, 1.82) is 0 Å². The molecule has 0 bridgehead atoms. The predicted molar refractivity (Wildman–Crippen MR) is 115 cm³/mol. The van der Waals surface area contributed by atoms with E-state index in [0.717, 1.165) is 37.6 Å². The first-order chi connectivity index (χ1) is 13.5. The molecule has 6 nitrogen and oxygen atoms in total. The normalized spacial score (nSPS) is 17.7. The monoisotopic (exact) mass is 523 g/mol. The van der Waals surface area contributed by atoms with Crippen LogP contribution in [0.25, 0.3) is 0 Å². The number of benzene rings is 1. The Hall–Kier alpha value is -1.82. The highest BCUT2D eigenvalue weighted by atomic mass is 127. The molecule has 0 spiro atoms. The highest BCUT2D eigenvalue weighted by Gasteiger charge is 2.32. The summed E-state index contributed by atoms with van der Waals surface area (Å²) in [7, 11) is 1.70. The lowest BCUT2D eigenvalue weighted by Crippen LogP contribution is -2.48. The Morgan fingerprint density at radius 3 is 2.86 bits per heavy atom. The van der Waals surface area contributed by atoms with E-state index in [0.29, 0.717) is 25.3 Å². The summed E-state index contributed by atoms with van der Waals surface area (Å²) in [5, 5.41) is 7.47. The van der Waals surface area contributed by atoms with E-state index in [-0.39, 0.29) is 24.0 Å². The van der Waals surface area contributed by atoms with Gasteiger partial charge in [-0.25, -0.2) is 0 Å². The number of alkyl halides is 3. The van der Waals surface area contributed by atoms with E-state index in [4.69, 9.17) is 4.74 Å². The smallest absolute Gasteiger partial charge is 0.370 e. The van der Waals surface area contributed by atoms with Crippen LogP contribution in [0.4, 0.5) is 13.2 Å². The molecule has 0 radical (unpaired) electrons. The lowest BCUT2D eigenvalue weighted by Gasteiger charge is -2.35. The van der Waals surface area contributed by atoms with Gasteiger partial charge in [-0.1, -0.05) is 12.1 Å². The Morgan fingerprint density at radius 2 is 2.17 bits per heavy atom. The van der Waals surface area contributed by atoms with Gasteiger partial charge in [-0.2, -0.15) is 18.3 Å². The molecule has 1 unspecified atom stereocenters. The molecular weight excluding hydrogens is 498 g/mol. The van der Waals surface area contributed by atoms with Crippen LogP contribution in [-0.2, 0) is 17.5 Å². The minimum absolute atomic E-state index is 0. The number of aryl methyl sites for hydroxylation is 1. The van der Waals surface area contributed by atoms with Gasteiger partial charge in [-0.05, 0) is 30.2 Å². The first-order valence-corrected chi connectivity index (χ1v) is 9.19. The highest BCUT2D eigenvalue weighted by molar-refractivity contribution is 14.0. The van der Waals surface area contributed by atoms with Crippen LogP contribution in [0.5, 0.6) is 0 Å². The second kappa shape index (κ2) is 10.8. The van der Waals surface area contributed by atoms with Crippen LogP contribution >= 0.6 is 24.0 Å². The molecule has 1 atom stereocenters. The number of rotatable bonds is 5. The minimum Gasteiger partial charge on any atom is -0.370 e. The average Bonchev–Trinajstić information content (AvgIpc) is 3.21. The van der Waals surface area contributed by atoms with Crippen LogP contribution in [0.1, 0.15) is 23.7 Å².